The summed E-state index contributed by atoms with van der Waals surface area (Å²) in [7, 11) is -3.35. The van der Waals surface area contributed by atoms with Crippen LogP contribution in [-0.2, 0) is 29.1 Å². The van der Waals surface area contributed by atoms with E-state index in [4.69, 9.17) is 0 Å². The first-order chi connectivity index (χ1) is 19.0. The van der Waals surface area contributed by atoms with Crippen molar-refractivity contribution in [1.29, 1.82) is 0 Å². The number of alkyl halides is 3. The smallest absolute Gasteiger partial charge is 0.348 e. The minimum absolute atomic E-state index is 0.0248. The van der Waals surface area contributed by atoms with Gasteiger partial charge in [-0.05, 0) is 47.5 Å². The van der Waals surface area contributed by atoms with Crippen molar-refractivity contribution in [2.75, 3.05) is 5.75 Å². The molecule has 0 fully saturated rings. The molecule has 0 unspecified atom stereocenters. The average Bonchev–Trinajstić information content (AvgIpc) is 3.30. The van der Waals surface area contributed by atoms with Crippen molar-refractivity contribution in [3.05, 3.63) is 106 Å². The second-order valence-electron chi connectivity index (χ2n) is 9.16. The van der Waals surface area contributed by atoms with E-state index in [1.807, 2.05) is 0 Å². The van der Waals surface area contributed by atoms with Crippen molar-refractivity contribution in [3.8, 4) is 0 Å². The van der Waals surface area contributed by atoms with Crippen LogP contribution in [-0.4, -0.2) is 34.6 Å². The van der Waals surface area contributed by atoms with E-state index in [9.17, 15) is 31.2 Å². The summed E-state index contributed by atoms with van der Waals surface area (Å²) in [6.07, 6.45) is -4.78. The minimum Gasteiger partial charge on any atom is -0.348 e. The third kappa shape index (κ3) is 5.34. The van der Waals surface area contributed by atoms with Crippen LogP contribution in [0.2, 0.25) is 0 Å². The fourth-order valence-corrected chi connectivity index (χ4v) is 5.38. The van der Waals surface area contributed by atoms with Gasteiger partial charge in [0.2, 0.25) is 11.4 Å². The number of pyridine rings is 1. The Bertz CT molecular complexity index is 1910. The number of halogens is 3. The molecule has 0 aliphatic heterocycles. The van der Waals surface area contributed by atoms with E-state index in [1.54, 1.807) is 43.3 Å². The van der Waals surface area contributed by atoms with Crippen LogP contribution in [0.4, 0.5) is 13.2 Å². The molecule has 0 bridgehead atoms. The Morgan fingerprint density at radius 2 is 1.75 bits per heavy atom. The minimum atomic E-state index is -4.78. The Kier molecular flexibility index (Phi) is 6.96. The van der Waals surface area contributed by atoms with Gasteiger partial charge in [0.25, 0.3) is 5.91 Å². The molecule has 0 atom stereocenters. The highest BCUT2D eigenvalue weighted by atomic mass is 32.2. The van der Waals surface area contributed by atoms with E-state index in [-0.39, 0.29) is 40.3 Å². The fraction of sp³-hybridized carbons (Fsp3) is 0.179. The summed E-state index contributed by atoms with van der Waals surface area (Å²) >= 11 is 0. The summed E-state index contributed by atoms with van der Waals surface area (Å²) < 4.78 is 67.0. The molecule has 206 valence electrons. The number of aromatic nitrogens is 3. The van der Waals surface area contributed by atoms with Crippen LogP contribution in [0.15, 0.2) is 82.5 Å². The molecule has 0 saturated heterocycles. The number of carbonyl (C=O) groups is 1. The lowest BCUT2D eigenvalue weighted by atomic mass is 10.1. The third-order valence-electron chi connectivity index (χ3n) is 6.54. The lowest BCUT2D eigenvalue weighted by Gasteiger charge is -2.13. The highest BCUT2D eigenvalue weighted by Crippen LogP contribution is 2.33. The van der Waals surface area contributed by atoms with Gasteiger partial charge in [0.1, 0.15) is 0 Å². The number of carbonyl (C=O) groups excluding carboxylic acids is 1. The molecule has 0 saturated carbocycles. The summed E-state index contributed by atoms with van der Waals surface area (Å²) in [5.74, 6) is -1.71. The Labute approximate surface area is 226 Å². The number of benzene rings is 3. The van der Waals surface area contributed by atoms with Gasteiger partial charge in [-0.25, -0.2) is 13.4 Å². The van der Waals surface area contributed by atoms with Crippen LogP contribution in [0.5, 0.6) is 0 Å². The van der Waals surface area contributed by atoms with E-state index < -0.39 is 33.3 Å². The van der Waals surface area contributed by atoms with E-state index >= 15 is 0 Å². The monoisotopic (exact) mass is 568 g/mol. The van der Waals surface area contributed by atoms with Gasteiger partial charge in [0.05, 0.1) is 28.2 Å². The summed E-state index contributed by atoms with van der Waals surface area (Å²) in [6.45, 7) is 1.37. The molecule has 2 aromatic heterocycles. The number of aromatic amines is 1. The fourth-order valence-electron chi connectivity index (χ4n) is 4.49. The van der Waals surface area contributed by atoms with Crippen molar-refractivity contribution >= 4 is 37.7 Å². The van der Waals surface area contributed by atoms with Gasteiger partial charge in [0.15, 0.2) is 9.84 Å². The predicted molar refractivity (Wildman–Crippen MR) is 144 cm³/mol. The van der Waals surface area contributed by atoms with E-state index in [0.717, 1.165) is 4.57 Å². The maximum atomic E-state index is 14.0. The van der Waals surface area contributed by atoms with Gasteiger partial charge >= 0.3 is 6.18 Å². The first kappa shape index (κ1) is 27.1. The molecule has 0 aliphatic carbocycles. The van der Waals surface area contributed by atoms with Crippen LogP contribution in [0.1, 0.15) is 34.2 Å². The quantitative estimate of drug-likeness (QED) is 0.296. The SMILES string of the molecule is CCS(=O)(=O)c1ccc(CNC(=O)c2ccc3c(c2)nc(C(F)(F)F)n3Cc2cc(=O)[nH]c3ccccc23)cc1. The lowest BCUT2D eigenvalue weighted by Crippen LogP contribution is -2.22. The normalized spacial score (nSPS) is 12.2. The Hall–Kier alpha value is -4.45. The zero-order valence-corrected chi connectivity index (χ0v) is 21.9. The van der Waals surface area contributed by atoms with Crippen LogP contribution in [0, 0.1) is 0 Å². The largest absolute Gasteiger partial charge is 0.449 e. The molecule has 12 heteroatoms. The number of imidazole rings is 1. The van der Waals surface area contributed by atoms with Crippen molar-refractivity contribution in [1.82, 2.24) is 19.9 Å². The molecule has 5 aromatic rings. The number of amides is 1. The maximum Gasteiger partial charge on any atom is 0.449 e. The van der Waals surface area contributed by atoms with Crippen molar-refractivity contribution in [3.63, 3.8) is 0 Å². The van der Waals surface area contributed by atoms with Gasteiger partial charge < -0.3 is 14.9 Å². The predicted octanol–water partition coefficient (Wildman–Crippen LogP) is 4.67. The number of fused-ring (bicyclic) bond motifs is 2. The zero-order valence-electron chi connectivity index (χ0n) is 21.1. The first-order valence-corrected chi connectivity index (χ1v) is 13.9. The van der Waals surface area contributed by atoms with Crippen LogP contribution >= 0.6 is 0 Å². The second kappa shape index (κ2) is 10.3. The number of hydrogen-bond donors (Lipinski definition) is 2. The van der Waals surface area contributed by atoms with Crippen molar-refractivity contribution < 1.29 is 26.4 Å². The molecular formula is C28H23F3N4O4S. The number of para-hydroxylation sites is 1. The first-order valence-electron chi connectivity index (χ1n) is 12.2. The summed E-state index contributed by atoms with van der Waals surface area (Å²) in [6, 6.07) is 18.3. The molecule has 1 amide bonds. The van der Waals surface area contributed by atoms with Gasteiger partial charge in [-0.15, -0.1) is 0 Å². The molecular weight excluding hydrogens is 545 g/mol. The standard InChI is InChI=1S/C28H23F3N4O4S/c1-2-40(38,39)20-10-7-17(8-11-20)15-32-26(37)18-9-12-24-23(13-18)34-27(28(29,30)31)35(24)16-19-14-25(36)33-22-6-4-3-5-21(19)22/h3-14H,2,15-16H2,1H3,(H,32,37)(H,33,36). The molecule has 0 aliphatic rings. The summed E-state index contributed by atoms with van der Waals surface area (Å²) in [5, 5.41) is 3.29. The highest BCUT2D eigenvalue weighted by Gasteiger charge is 2.38. The number of sulfone groups is 1. The highest BCUT2D eigenvalue weighted by molar-refractivity contribution is 7.91. The summed E-state index contributed by atoms with van der Waals surface area (Å²) in [5.41, 5.74) is 1.35. The van der Waals surface area contributed by atoms with Gasteiger partial charge in [-0.2, -0.15) is 13.2 Å². The third-order valence-corrected chi connectivity index (χ3v) is 8.29. The molecule has 2 N–H and O–H groups in total. The molecule has 0 spiro atoms. The zero-order chi connectivity index (χ0) is 28.7. The van der Waals surface area contributed by atoms with Gasteiger partial charge in [-0.1, -0.05) is 37.3 Å². The average molecular weight is 569 g/mol. The number of H-pyrrole nitrogens is 1. The Morgan fingerprint density at radius 1 is 1.02 bits per heavy atom. The van der Waals surface area contributed by atoms with E-state index in [0.29, 0.717) is 22.0 Å². The summed E-state index contributed by atoms with van der Waals surface area (Å²) in [4.78, 5) is 31.6. The number of hydrogen-bond acceptors (Lipinski definition) is 5. The Morgan fingerprint density at radius 3 is 2.45 bits per heavy atom. The van der Waals surface area contributed by atoms with Crippen molar-refractivity contribution in [2.24, 2.45) is 0 Å². The molecule has 8 nitrogen and oxygen atoms in total. The van der Waals surface area contributed by atoms with Crippen LogP contribution in [0.3, 0.4) is 0 Å². The van der Waals surface area contributed by atoms with Crippen molar-refractivity contribution in [2.45, 2.75) is 31.1 Å². The number of nitrogens with one attached hydrogen (secondary N) is 2. The van der Waals surface area contributed by atoms with Gasteiger partial charge in [-0.3, -0.25) is 9.59 Å². The second-order valence-corrected chi connectivity index (χ2v) is 11.4. The molecule has 5 rings (SSSR count). The molecule has 2 heterocycles. The van der Waals surface area contributed by atoms with E-state index in [2.05, 4.69) is 15.3 Å². The topological polar surface area (TPSA) is 114 Å². The Balaban J connectivity index is 1.43. The maximum absolute atomic E-state index is 14.0. The molecule has 0 radical (unpaired) electrons. The van der Waals surface area contributed by atoms with E-state index in [1.165, 1.54) is 36.4 Å². The number of nitrogens with zero attached hydrogens (tertiary/aromatic N) is 2. The molecule has 40 heavy (non-hydrogen) atoms. The van der Waals surface area contributed by atoms with Crippen LogP contribution < -0.4 is 10.9 Å². The van der Waals surface area contributed by atoms with Gasteiger partial charge in [0, 0.05) is 29.1 Å². The lowest BCUT2D eigenvalue weighted by molar-refractivity contribution is -0.146. The number of rotatable bonds is 7. The molecule has 3 aromatic carbocycles. The van der Waals surface area contributed by atoms with Crippen LogP contribution in [0.25, 0.3) is 21.9 Å².